The zero-order valence-corrected chi connectivity index (χ0v) is 13.5. The van der Waals surface area contributed by atoms with E-state index in [0.717, 1.165) is 6.07 Å². The minimum absolute atomic E-state index is 0.00261. The maximum absolute atomic E-state index is 14.3. The fourth-order valence-corrected chi connectivity index (χ4v) is 2.27. The molecule has 2 aromatic carbocycles. The van der Waals surface area contributed by atoms with Crippen LogP contribution in [0.4, 0.5) is 24.5 Å². The van der Waals surface area contributed by atoms with Crippen molar-refractivity contribution in [3.63, 3.8) is 0 Å². The average Bonchev–Trinajstić information content (AvgIpc) is 2.54. The number of nitrogens with two attached hydrogens (primary N) is 1. The van der Waals surface area contributed by atoms with Crippen molar-refractivity contribution in [2.75, 3.05) is 38.0 Å². The summed E-state index contributed by atoms with van der Waals surface area (Å²) in [5, 5.41) is 0. The third kappa shape index (κ3) is 4.11. The molecule has 0 aliphatic rings. The maximum Gasteiger partial charge on any atom is 0.185 e. The second-order valence-corrected chi connectivity index (χ2v) is 5.26. The summed E-state index contributed by atoms with van der Waals surface area (Å²) in [5.41, 5.74) is 6.17. The third-order valence-electron chi connectivity index (χ3n) is 3.44. The van der Waals surface area contributed by atoms with Gasteiger partial charge in [0.2, 0.25) is 0 Å². The molecule has 0 fully saturated rings. The Bertz CT molecular complexity index is 710. The molecule has 0 radical (unpaired) electrons. The number of ether oxygens (including phenoxy) is 2. The van der Waals surface area contributed by atoms with Gasteiger partial charge in [0.25, 0.3) is 0 Å². The third-order valence-corrected chi connectivity index (χ3v) is 3.44. The lowest BCUT2D eigenvalue weighted by molar-refractivity contribution is 0.146. The molecule has 130 valence electrons. The quantitative estimate of drug-likeness (QED) is 0.620. The normalized spacial score (nSPS) is 10.7. The maximum atomic E-state index is 14.3. The van der Waals surface area contributed by atoms with E-state index in [1.807, 2.05) is 0 Å². The summed E-state index contributed by atoms with van der Waals surface area (Å²) < 4.78 is 51.4. The van der Waals surface area contributed by atoms with Crippen LogP contribution < -0.4 is 15.4 Å². The Hall–Kier alpha value is -2.41. The van der Waals surface area contributed by atoms with Crippen molar-refractivity contribution in [3.05, 3.63) is 53.3 Å². The predicted octanol–water partition coefficient (Wildman–Crippen LogP) is 3.35. The number of rotatable bonds is 7. The van der Waals surface area contributed by atoms with Gasteiger partial charge < -0.3 is 20.1 Å². The first kappa shape index (κ1) is 17.9. The molecule has 7 heteroatoms. The van der Waals surface area contributed by atoms with Gasteiger partial charge in [0.05, 0.1) is 12.3 Å². The van der Waals surface area contributed by atoms with Crippen molar-refractivity contribution in [2.45, 2.75) is 6.54 Å². The van der Waals surface area contributed by atoms with Crippen LogP contribution in [0.15, 0.2) is 30.3 Å². The molecule has 2 rings (SSSR count). The molecule has 2 aromatic rings. The Morgan fingerprint density at radius 3 is 2.42 bits per heavy atom. The molecule has 0 amide bonds. The van der Waals surface area contributed by atoms with E-state index < -0.39 is 17.5 Å². The monoisotopic (exact) mass is 340 g/mol. The minimum Gasteiger partial charge on any atom is -0.489 e. The molecule has 0 aliphatic heterocycles. The molecule has 2 N–H and O–H groups in total. The van der Waals surface area contributed by atoms with Crippen molar-refractivity contribution in [1.29, 1.82) is 0 Å². The van der Waals surface area contributed by atoms with Gasteiger partial charge in [-0.2, -0.15) is 0 Å². The van der Waals surface area contributed by atoms with Crippen LogP contribution in [0.1, 0.15) is 5.56 Å². The van der Waals surface area contributed by atoms with Gasteiger partial charge in [-0.25, -0.2) is 13.2 Å². The Labute approximate surface area is 138 Å². The molecule has 24 heavy (non-hydrogen) atoms. The van der Waals surface area contributed by atoms with Crippen LogP contribution in [0.5, 0.6) is 5.75 Å². The average molecular weight is 340 g/mol. The summed E-state index contributed by atoms with van der Waals surface area (Å²) in [4.78, 5) is 1.48. The number of halogens is 3. The molecule has 0 spiro atoms. The van der Waals surface area contributed by atoms with Crippen LogP contribution in [0.3, 0.4) is 0 Å². The van der Waals surface area contributed by atoms with E-state index in [0.29, 0.717) is 12.2 Å². The van der Waals surface area contributed by atoms with Crippen molar-refractivity contribution in [3.8, 4) is 5.75 Å². The smallest absolute Gasteiger partial charge is 0.185 e. The van der Waals surface area contributed by atoms with Gasteiger partial charge in [-0.1, -0.05) is 6.07 Å². The lowest BCUT2D eigenvalue weighted by Gasteiger charge is -2.23. The number of hydrogen-bond donors (Lipinski definition) is 1. The minimum atomic E-state index is -1.01. The molecule has 0 bridgehead atoms. The fraction of sp³-hybridized carbons (Fsp3) is 0.294. The van der Waals surface area contributed by atoms with E-state index in [4.69, 9.17) is 15.2 Å². The van der Waals surface area contributed by atoms with Crippen LogP contribution in [-0.2, 0) is 11.3 Å². The van der Waals surface area contributed by atoms with Crippen LogP contribution in [0, 0.1) is 17.5 Å². The van der Waals surface area contributed by atoms with Crippen LogP contribution in [0.2, 0.25) is 0 Å². The van der Waals surface area contributed by atoms with Gasteiger partial charge in [-0.05, 0) is 29.8 Å². The highest BCUT2D eigenvalue weighted by Crippen LogP contribution is 2.33. The molecule has 0 saturated heterocycles. The highest BCUT2D eigenvalue weighted by atomic mass is 19.2. The first-order valence-electron chi connectivity index (χ1n) is 7.28. The number of anilines is 2. The largest absolute Gasteiger partial charge is 0.489 e. The number of methoxy groups -OCH3 is 1. The topological polar surface area (TPSA) is 47.7 Å². The Morgan fingerprint density at radius 1 is 1.04 bits per heavy atom. The number of hydrogen-bond acceptors (Lipinski definition) is 4. The molecule has 0 saturated carbocycles. The summed E-state index contributed by atoms with van der Waals surface area (Å²) >= 11 is 0. The zero-order valence-electron chi connectivity index (χ0n) is 13.5. The Morgan fingerprint density at radius 2 is 1.75 bits per heavy atom. The first-order chi connectivity index (χ1) is 11.4. The number of benzene rings is 2. The zero-order chi connectivity index (χ0) is 17.7. The van der Waals surface area contributed by atoms with E-state index in [9.17, 15) is 13.2 Å². The summed E-state index contributed by atoms with van der Waals surface area (Å²) in [7, 11) is 3.10. The van der Waals surface area contributed by atoms with E-state index in [-0.39, 0.29) is 30.3 Å². The second kappa shape index (κ2) is 7.92. The van der Waals surface area contributed by atoms with E-state index in [1.54, 1.807) is 7.05 Å². The molecular weight excluding hydrogens is 321 g/mol. The molecular formula is C17H19F3N2O2. The standard InChI is InChI=1S/C17H19F3N2O2/c1-22(10-11-3-4-12(18)14(21)9-11)17-15(24-8-7-23-2)6-5-13(19)16(17)20/h3-6,9H,7-8,10,21H2,1-2H3. The fourth-order valence-electron chi connectivity index (χ4n) is 2.27. The summed E-state index contributed by atoms with van der Waals surface area (Å²) in [6, 6.07) is 6.58. The van der Waals surface area contributed by atoms with E-state index in [1.165, 1.54) is 36.3 Å². The van der Waals surface area contributed by atoms with Crippen LogP contribution in [0.25, 0.3) is 0 Å². The summed E-state index contributed by atoms with van der Waals surface area (Å²) in [6.07, 6.45) is 0. The van der Waals surface area contributed by atoms with Crippen molar-refractivity contribution >= 4 is 11.4 Å². The Balaban J connectivity index is 2.27. The lowest BCUT2D eigenvalue weighted by Crippen LogP contribution is -2.20. The molecule has 0 heterocycles. The highest BCUT2D eigenvalue weighted by molar-refractivity contribution is 5.60. The molecule has 0 atom stereocenters. The SMILES string of the molecule is COCCOc1ccc(F)c(F)c1N(C)Cc1ccc(F)c(N)c1. The van der Waals surface area contributed by atoms with Crippen molar-refractivity contribution < 1.29 is 22.6 Å². The predicted molar refractivity (Wildman–Crippen MR) is 86.6 cm³/mol. The van der Waals surface area contributed by atoms with Crippen LogP contribution in [-0.4, -0.2) is 27.4 Å². The number of nitrogen functional groups attached to an aromatic ring is 1. The van der Waals surface area contributed by atoms with Gasteiger partial charge >= 0.3 is 0 Å². The molecule has 0 aliphatic carbocycles. The summed E-state index contributed by atoms with van der Waals surface area (Å²) in [5.74, 6) is -2.32. The molecule has 4 nitrogen and oxygen atoms in total. The first-order valence-corrected chi connectivity index (χ1v) is 7.28. The second-order valence-electron chi connectivity index (χ2n) is 5.26. The van der Waals surface area contributed by atoms with Gasteiger partial charge in [-0.3, -0.25) is 0 Å². The van der Waals surface area contributed by atoms with Crippen molar-refractivity contribution in [1.82, 2.24) is 0 Å². The summed E-state index contributed by atoms with van der Waals surface area (Å²) in [6.45, 7) is 0.716. The van der Waals surface area contributed by atoms with E-state index >= 15 is 0 Å². The van der Waals surface area contributed by atoms with E-state index in [2.05, 4.69) is 0 Å². The number of nitrogens with zero attached hydrogens (tertiary/aromatic N) is 1. The van der Waals surface area contributed by atoms with Gasteiger partial charge in [-0.15, -0.1) is 0 Å². The molecule has 0 aromatic heterocycles. The lowest BCUT2D eigenvalue weighted by atomic mass is 10.1. The highest BCUT2D eigenvalue weighted by Gasteiger charge is 2.19. The Kier molecular flexibility index (Phi) is 5.92. The van der Waals surface area contributed by atoms with Gasteiger partial charge in [0.1, 0.15) is 23.9 Å². The molecule has 0 unspecified atom stereocenters. The van der Waals surface area contributed by atoms with Gasteiger partial charge in [0, 0.05) is 20.7 Å². The van der Waals surface area contributed by atoms with Gasteiger partial charge in [0.15, 0.2) is 11.6 Å². The van der Waals surface area contributed by atoms with Crippen LogP contribution >= 0.6 is 0 Å². The van der Waals surface area contributed by atoms with Crippen molar-refractivity contribution in [2.24, 2.45) is 0 Å².